The summed E-state index contributed by atoms with van der Waals surface area (Å²) in [5.41, 5.74) is -0.327. The number of hydrogen-bond donors (Lipinski definition) is 0. The van der Waals surface area contributed by atoms with Gasteiger partial charge < -0.3 is 9.80 Å². The van der Waals surface area contributed by atoms with Crippen molar-refractivity contribution in [1.82, 2.24) is 4.90 Å². The van der Waals surface area contributed by atoms with Gasteiger partial charge >= 0.3 is 6.18 Å². The van der Waals surface area contributed by atoms with E-state index in [0.29, 0.717) is 0 Å². The van der Waals surface area contributed by atoms with Gasteiger partial charge in [-0.3, -0.25) is 0 Å². The lowest BCUT2D eigenvalue weighted by Crippen LogP contribution is -2.35. The highest BCUT2D eigenvalue weighted by molar-refractivity contribution is 5.67. The third-order valence-corrected chi connectivity index (χ3v) is 5.03. The van der Waals surface area contributed by atoms with Crippen molar-refractivity contribution in [3.8, 4) is 18.2 Å². The number of halogens is 3. The summed E-state index contributed by atoms with van der Waals surface area (Å²) < 4.78 is 41.2. The standard InChI is InChI=1S/C24H22F3N5/c1-4-31(5-2)20-11-8-17(9-12-20)7-10-18-13-22(24(25,26)27)32(6-3)23(21(18)16-30)19(14-28)15-29/h7-13H,4-6H2,1-3H3. The summed E-state index contributed by atoms with van der Waals surface area (Å²) in [5.74, 6) is 0. The zero-order valence-electron chi connectivity index (χ0n) is 18.0. The lowest BCUT2D eigenvalue weighted by atomic mass is 9.95. The number of nitrogens with zero attached hydrogens (tertiary/aromatic N) is 5. The molecule has 0 radical (unpaired) electrons. The SMILES string of the molecule is CCN1C(C(F)(F)F)=CC(C=Cc2ccc(N(CC)CC)cc2)=C(C#N)C1=C(C#N)C#N. The number of benzene rings is 1. The fraction of sp³-hybridized carbons (Fsp3) is 0.292. The smallest absolute Gasteiger partial charge is 0.372 e. The molecule has 0 unspecified atom stereocenters. The number of hydrogen-bond acceptors (Lipinski definition) is 5. The van der Waals surface area contributed by atoms with E-state index in [1.165, 1.54) is 13.0 Å². The minimum Gasteiger partial charge on any atom is -0.372 e. The van der Waals surface area contributed by atoms with Gasteiger partial charge in [-0.15, -0.1) is 0 Å². The summed E-state index contributed by atoms with van der Waals surface area (Å²) in [6.07, 6.45) is -0.863. The first-order chi connectivity index (χ1) is 15.2. The minimum absolute atomic E-state index is 0.0182. The fourth-order valence-electron chi connectivity index (χ4n) is 3.46. The molecule has 0 aliphatic carbocycles. The van der Waals surface area contributed by atoms with Crippen molar-refractivity contribution >= 4 is 11.8 Å². The molecule has 1 aromatic rings. The van der Waals surface area contributed by atoms with Gasteiger partial charge in [0, 0.05) is 25.3 Å². The summed E-state index contributed by atoms with van der Waals surface area (Å²) >= 11 is 0. The molecule has 0 saturated heterocycles. The molecule has 0 aromatic heterocycles. The Balaban J connectivity index is 2.62. The second-order valence-electron chi connectivity index (χ2n) is 6.76. The highest BCUT2D eigenvalue weighted by atomic mass is 19.4. The van der Waals surface area contributed by atoms with E-state index >= 15 is 0 Å². The molecule has 1 aromatic carbocycles. The van der Waals surface area contributed by atoms with Crippen LogP contribution >= 0.6 is 0 Å². The molecule has 32 heavy (non-hydrogen) atoms. The second kappa shape index (κ2) is 10.4. The Bertz CT molecular complexity index is 1080. The molecule has 0 amide bonds. The van der Waals surface area contributed by atoms with Gasteiger partial charge in [0.25, 0.3) is 0 Å². The molecule has 0 bridgehead atoms. The molecule has 2 rings (SSSR count). The predicted molar refractivity (Wildman–Crippen MR) is 116 cm³/mol. The van der Waals surface area contributed by atoms with E-state index in [2.05, 4.69) is 4.90 Å². The molecule has 0 N–H and O–H groups in total. The second-order valence-corrected chi connectivity index (χ2v) is 6.76. The average molecular weight is 437 g/mol. The summed E-state index contributed by atoms with van der Waals surface area (Å²) in [6.45, 7) is 7.07. The van der Waals surface area contributed by atoms with Crippen LogP contribution in [0.15, 0.2) is 64.5 Å². The first kappa shape index (κ1) is 24.3. The van der Waals surface area contributed by atoms with E-state index in [-0.39, 0.29) is 23.4 Å². The van der Waals surface area contributed by atoms with Crippen LogP contribution in [-0.4, -0.2) is 30.7 Å². The molecule has 1 aliphatic heterocycles. The molecule has 164 valence electrons. The summed E-state index contributed by atoms with van der Waals surface area (Å²) in [7, 11) is 0. The van der Waals surface area contributed by atoms with Gasteiger partial charge in [0.05, 0.1) is 11.3 Å². The zero-order valence-corrected chi connectivity index (χ0v) is 18.0. The molecule has 5 nitrogen and oxygen atoms in total. The van der Waals surface area contributed by atoms with Crippen LogP contribution in [0.3, 0.4) is 0 Å². The van der Waals surface area contributed by atoms with Gasteiger partial charge in [0.15, 0.2) is 5.57 Å². The fourth-order valence-corrected chi connectivity index (χ4v) is 3.46. The number of alkyl halides is 3. The third-order valence-electron chi connectivity index (χ3n) is 5.03. The normalized spacial score (nSPS) is 14.0. The van der Waals surface area contributed by atoms with E-state index in [0.717, 1.165) is 35.3 Å². The molecule has 1 heterocycles. The summed E-state index contributed by atoms with van der Waals surface area (Å²) in [6, 6.07) is 12.6. The molecular weight excluding hydrogens is 415 g/mol. The van der Waals surface area contributed by atoms with Gasteiger partial charge in [-0.05, 0) is 50.1 Å². The Morgan fingerprint density at radius 1 is 1.00 bits per heavy atom. The lowest BCUT2D eigenvalue weighted by molar-refractivity contribution is -0.108. The Morgan fingerprint density at radius 2 is 1.59 bits per heavy atom. The Labute approximate surface area is 185 Å². The zero-order chi connectivity index (χ0) is 23.9. The molecule has 8 heteroatoms. The van der Waals surface area contributed by atoms with E-state index in [9.17, 15) is 29.0 Å². The maximum atomic E-state index is 13.7. The monoisotopic (exact) mass is 437 g/mol. The Hall–Kier alpha value is -3.96. The first-order valence-electron chi connectivity index (χ1n) is 10.0. The number of nitriles is 3. The van der Waals surface area contributed by atoms with Crippen molar-refractivity contribution in [2.24, 2.45) is 0 Å². The maximum Gasteiger partial charge on any atom is 0.431 e. The maximum absolute atomic E-state index is 13.7. The molecule has 1 aliphatic rings. The number of allylic oxidation sites excluding steroid dienone is 6. The number of anilines is 1. The van der Waals surface area contributed by atoms with Gasteiger partial charge in [0.1, 0.15) is 23.9 Å². The first-order valence-corrected chi connectivity index (χ1v) is 10.0. The predicted octanol–water partition coefficient (Wildman–Crippen LogP) is 5.45. The van der Waals surface area contributed by atoms with Crippen LogP contribution in [0.25, 0.3) is 6.08 Å². The van der Waals surface area contributed by atoms with Crippen molar-refractivity contribution in [3.63, 3.8) is 0 Å². The number of likely N-dealkylation sites (N-methyl/N-ethyl adjacent to an activating group) is 1. The minimum atomic E-state index is -4.73. The van der Waals surface area contributed by atoms with Gasteiger partial charge in [-0.25, -0.2) is 0 Å². The van der Waals surface area contributed by atoms with Crippen LogP contribution in [0.4, 0.5) is 18.9 Å². The van der Waals surface area contributed by atoms with Crippen molar-refractivity contribution in [3.05, 3.63) is 70.1 Å². The highest BCUT2D eigenvalue weighted by Crippen LogP contribution is 2.39. The summed E-state index contributed by atoms with van der Waals surface area (Å²) in [4.78, 5) is 2.95. The van der Waals surface area contributed by atoms with Crippen molar-refractivity contribution in [2.45, 2.75) is 26.9 Å². The molecule has 0 fully saturated rings. The van der Waals surface area contributed by atoms with Crippen LogP contribution in [-0.2, 0) is 0 Å². The largest absolute Gasteiger partial charge is 0.431 e. The van der Waals surface area contributed by atoms with Gasteiger partial charge in [-0.2, -0.15) is 29.0 Å². The van der Waals surface area contributed by atoms with Crippen molar-refractivity contribution < 1.29 is 13.2 Å². The van der Waals surface area contributed by atoms with Crippen LogP contribution in [0, 0.1) is 34.0 Å². The Morgan fingerprint density at radius 3 is 2.03 bits per heavy atom. The number of rotatable bonds is 6. The van der Waals surface area contributed by atoms with E-state index in [1.54, 1.807) is 18.2 Å². The van der Waals surface area contributed by atoms with E-state index in [1.807, 2.05) is 44.2 Å². The average Bonchev–Trinajstić information content (AvgIpc) is 2.79. The van der Waals surface area contributed by atoms with E-state index in [4.69, 9.17) is 0 Å². The molecule has 0 spiro atoms. The topological polar surface area (TPSA) is 77.8 Å². The quantitative estimate of drug-likeness (QED) is 0.553. The lowest BCUT2D eigenvalue weighted by Gasteiger charge is -2.33. The van der Waals surface area contributed by atoms with E-state index < -0.39 is 17.4 Å². The van der Waals surface area contributed by atoms with Crippen LogP contribution in [0.1, 0.15) is 26.3 Å². The van der Waals surface area contributed by atoms with Crippen molar-refractivity contribution in [1.29, 1.82) is 15.8 Å². The Kier molecular flexibility index (Phi) is 7.88. The van der Waals surface area contributed by atoms with Crippen LogP contribution < -0.4 is 4.90 Å². The molecular formula is C24H22F3N5. The molecule has 0 atom stereocenters. The molecule has 0 saturated carbocycles. The summed E-state index contributed by atoms with van der Waals surface area (Å²) in [5, 5.41) is 28.3. The van der Waals surface area contributed by atoms with Crippen LogP contribution in [0.5, 0.6) is 0 Å². The van der Waals surface area contributed by atoms with Crippen molar-refractivity contribution in [2.75, 3.05) is 24.5 Å². The van der Waals surface area contributed by atoms with Crippen LogP contribution in [0.2, 0.25) is 0 Å². The highest BCUT2D eigenvalue weighted by Gasteiger charge is 2.42. The van der Waals surface area contributed by atoms with Gasteiger partial charge in [-0.1, -0.05) is 24.3 Å². The third kappa shape index (κ3) is 5.02. The van der Waals surface area contributed by atoms with Gasteiger partial charge in [0.2, 0.25) is 0 Å².